The van der Waals surface area contributed by atoms with E-state index in [1.54, 1.807) is 6.92 Å². The van der Waals surface area contributed by atoms with Crippen LogP contribution in [0.25, 0.3) is 10.9 Å². The number of methoxy groups -OCH3 is 1. The summed E-state index contributed by atoms with van der Waals surface area (Å²) >= 11 is 1.15. The third kappa shape index (κ3) is 4.11. The SMILES string of the molecule is COC(=O)Cc1cc(=O)[nH]c(S[C@H](C)C(=O)c2c(C)[nH]c3ccccc23)n1. The summed E-state index contributed by atoms with van der Waals surface area (Å²) in [5.74, 6) is -0.543. The molecular weight excluding hydrogens is 366 g/mol. The van der Waals surface area contributed by atoms with E-state index < -0.39 is 11.2 Å². The molecule has 0 unspecified atom stereocenters. The first kappa shape index (κ1) is 18.9. The average molecular weight is 385 g/mol. The van der Waals surface area contributed by atoms with Crippen molar-refractivity contribution in [3.8, 4) is 0 Å². The van der Waals surface area contributed by atoms with Crippen LogP contribution in [0, 0.1) is 6.92 Å². The minimum atomic E-state index is -0.484. The molecule has 0 spiro atoms. The van der Waals surface area contributed by atoms with Gasteiger partial charge in [-0.2, -0.15) is 0 Å². The van der Waals surface area contributed by atoms with Gasteiger partial charge in [0.2, 0.25) is 0 Å². The lowest BCUT2D eigenvalue weighted by Crippen LogP contribution is -2.18. The summed E-state index contributed by atoms with van der Waals surface area (Å²) in [6.45, 7) is 3.63. The molecule has 0 fully saturated rings. The first-order chi connectivity index (χ1) is 12.9. The number of para-hydroxylation sites is 1. The second-order valence-electron chi connectivity index (χ2n) is 6.09. The molecule has 27 heavy (non-hydrogen) atoms. The summed E-state index contributed by atoms with van der Waals surface area (Å²) < 4.78 is 4.60. The van der Waals surface area contributed by atoms with E-state index in [0.717, 1.165) is 28.4 Å². The van der Waals surface area contributed by atoms with Crippen LogP contribution < -0.4 is 5.56 Å². The lowest BCUT2D eigenvalue weighted by atomic mass is 10.1. The Hall–Kier alpha value is -2.87. The predicted molar refractivity (Wildman–Crippen MR) is 103 cm³/mol. The fraction of sp³-hybridized carbons (Fsp3) is 0.263. The van der Waals surface area contributed by atoms with Crippen molar-refractivity contribution in [3.05, 3.63) is 57.6 Å². The van der Waals surface area contributed by atoms with Crippen molar-refractivity contribution >= 4 is 34.4 Å². The fourth-order valence-electron chi connectivity index (χ4n) is 2.87. The zero-order valence-corrected chi connectivity index (χ0v) is 16.0. The molecule has 0 radical (unpaired) electrons. The van der Waals surface area contributed by atoms with Gasteiger partial charge >= 0.3 is 5.97 Å². The molecule has 7 nitrogen and oxygen atoms in total. The van der Waals surface area contributed by atoms with E-state index in [1.165, 1.54) is 13.2 Å². The van der Waals surface area contributed by atoms with Gasteiger partial charge in [-0.05, 0) is 19.9 Å². The molecule has 3 rings (SSSR count). The Kier molecular flexibility index (Phi) is 5.46. The summed E-state index contributed by atoms with van der Waals surface area (Å²) in [5, 5.41) is 0.688. The number of rotatable bonds is 6. The van der Waals surface area contributed by atoms with Gasteiger partial charge in [0.1, 0.15) is 0 Å². The molecule has 2 aromatic heterocycles. The van der Waals surface area contributed by atoms with Crippen LogP contribution in [0.5, 0.6) is 0 Å². The summed E-state index contributed by atoms with van der Waals surface area (Å²) in [6, 6.07) is 8.87. The van der Waals surface area contributed by atoms with E-state index >= 15 is 0 Å². The van der Waals surface area contributed by atoms with Gasteiger partial charge in [-0.3, -0.25) is 14.4 Å². The van der Waals surface area contributed by atoms with Gasteiger partial charge in [0.05, 0.1) is 24.5 Å². The van der Waals surface area contributed by atoms with Gasteiger partial charge in [-0.1, -0.05) is 30.0 Å². The Labute approximate surface area is 159 Å². The number of carbonyl (C=O) groups excluding carboxylic acids is 2. The predicted octanol–water partition coefficient (Wildman–Crippen LogP) is 2.64. The quantitative estimate of drug-likeness (QED) is 0.292. The van der Waals surface area contributed by atoms with Crippen LogP contribution in [0.4, 0.5) is 0 Å². The highest BCUT2D eigenvalue weighted by Gasteiger charge is 2.23. The molecule has 1 atom stereocenters. The fourth-order valence-corrected chi connectivity index (χ4v) is 3.76. The van der Waals surface area contributed by atoms with Crippen LogP contribution in [-0.2, 0) is 16.0 Å². The molecule has 3 aromatic rings. The molecule has 2 N–H and O–H groups in total. The number of aromatic amines is 2. The summed E-state index contributed by atoms with van der Waals surface area (Å²) in [5.41, 5.74) is 2.26. The van der Waals surface area contributed by atoms with E-state index in [4.69, 9.17) is 0 Å². The van der Waals surface area contributed by atoms with Gasteiger partial charge in [0.25, 0.3) is 5.56 Å². The number of benzene rings is 1. The molecule has 2 heterocycles. The van der Waals surface area contributed by atoms with Crippen molar-refractivity contribution in [2.24, 2.45) is 0 Å². The maximum absolute atomic E-state index is 13.0. The van der Waals surface area contributed by atoms with Gasteiger partial charge < -0.3 is 14.7 Å². The number of hydrogen-bond donors (Lipinski definition) is 2. The number of esters is 1. The number of hydrogen-bond acceptors (Lipinski definition) is 6. The second kappa shape index (κ2) is 7.79. The second-order valence-corrected chi connectivity index (χ2v) is 7.42. The first-order valence-electron chi connectivity index (χ1n) is 8.34. The number of nitrogens with zero attached hydrogens (tertiary/aromatic N) is 1. The smallest absolute Gasteiger partial charge is 0.311 e. The highest BCUT2D eigenvalue weighted by atomic mass is 32.2. The van der Waals surface area contributed by atoms with Crippen molar-refractivity contribution < 1.29 is 14.3 Å². The van der Waals surface area contributed by atoms with Gasteiger partial charge in [-0.15, -0.1) is 0 Å². The zero-order chi connectivity index (χ0) is 19.6. The third-order valence-corrected chi connectivity index (χ3v) is 5.11. The number of ether oxygens (including phenoxy) is 1. The standard InChI is InChI=1S/C19H19N3O4S/c1-10-17(13-6-4-5-7-14(13)20-10)18(25)11(2)27-19-21-12(8-15(23)22-19)9-16(24)26-3/h4-8,11,20H,9H2,1-3H3,(H,21,22,23)/t11-/m1/s1. The Bertz CT molecular complexity index is 1070. The molecule has 0 saturated heterocycles. The van der Waals surface area contributed by atoms with Gasteiger partial charge in [0.15, 0.2) is 10.9 Å². The Morgan fingerprint density at radius 3 is 2.74 bits per heavy atom. The summed E-state index contributed by atoms with van der Waals surface area (Å²) in [7, 11) is 1.27. The molecule has 1 aromatic carbocycles. The van der Waals surface area contributed by atoms with Gasteiger partial charge in [-0.25, -0.2) is 4.98 Å². The van der Waals surface area contributed by atoms with Gasteiger partial charge in [0, 0.05) is 28.2 Å². The number of H-pyrrole nitrogens is 2. The molecule has 0 aliphatic rings. The molecule has 0 aliphatic carbocycles. The molecule has 0 amide bonds. The van der Waals surface area contributed by atoms with Crippen molar-refractivity contribution in [2.45, 2.75) is 30.7 Å². The van der Waals surface area contributed by atoms with Crippen LogP contribution in [0.1, 0.15) is 28.7 Å². The molecule has 8 heteroatoms. The number of Topliss-reactive ketones (excluding diaryl/α,β-unsaturated/α-hetero) is 1. The maximum Gasteiger partial charge on any atom is 0.311 e. The number of ketones is 1. The van der Waals surface area contributed by atoms with Crippen molar-refractivity contribution in [3.63, 3.8) is 0 Å². The molecule has 0 aliphatic heterocycles. The molecule has 140 valence electrons. The van der Waals surface area contributed by atoms with E-state index in [1.807, 2.05) is 31.2 Å². The third-order valence-electron chi connectivity index (χ3n) is 4.12. The van der Waals surface area contributed by atoms with Crippen molar-refractivity contribution in [1.29, 1.82) is 0 Å². The topological polar surface area (TPSA) is 105 Å². The minimum absolute atomic E-state index is 0.0593. The Balaban J connectivity index is 1.85. The number of fused-ring (bicyclic) bond motifs is 1. The average Bonchev–Trinajstić information content (AvgIpc) is 2.96. The van der Waals surface area contributed by atoms with E-state index in [-0.39, 0.29) is 17.8 Å². The minimum Gasteiger partial charge on any atom is -0.469 e. The monoisotopic (exact) mass is 385 g/mol. The molecule has 0 bridgehead atoms. The zero-order valence-electron chi connectivity index (χ0n) is 15.2. The Morgan fingerprint density at radius 1 is 1.26 bits per heavy atom. The molecule has 0 saturated carbocycles. The van der Waals surface area contributed by atoms with Crippen LogP contribution in [0.3, 0.4) is 0 Å². The largest absolute Gasteiger partial charge is 0.469 e. The lowest BCUT2D eigenvalue weighted by Gasteiger charge is -2.10. The van der Waals surface area contributed by atoms with E-state index in [9.17, 15) is 14.4 Å². The number of aryl methyl sites for hydroxylation is 1. The first-order valence-corrected chi connectivity index (χ1v) is 9.22. The summed E-state index contributed by atoms with van der Waals surface area (Å²) in [4.78, 5) is 46.3. The van der Waals surface area contributed by atoms with E-state index in [2.05, 4.69) is 19.7 Å². The van der Waals surface area contributed by atoms with E-state index in [0.29, 0.717) is 16.4 Å². The maximum atomic E-state index is 13.0. The van der Waals surface area contributed by atoms with Crippen LogP contribution in [0.2, 0.25) is 0 Å². The number of thioether (sulfide) groups is 1. The summed E-state index contributed by atoms with van der Waals surface area (Å²) in [6.07, 6.45) is -0.0993. The molecular formula is C19H19N3O4S. The Morgan fingerprint density at radius 2 is 2.00 bits per heavy atom. The normalized spacial score (nSPS) is 12.1. The number of aromatic nitrogens is 3. The van der Waals surface area contributed by atoms with Crippen molar-refractivity contribution in [1.82, 2.24) is 15.0 Å². The van der Waals surface area contributed by atoms with Crippen LogP contribution in [-0.4, -0.2) is 39.1 Å². The highest BCUT2D eigenvalue weighted by molar-refractivity contribution is 8.00. The van der Waals surface area contributed by atoms with Crippen LogP contribution >= 0.6 is 11.8 Å². The highest BCUT2D eigenvalue weighted by Crippen LogP contribution is 2.28. The number of carbonyl (C=O) groups is 2. The van der Waals surface area contributed by atoms with Crippen LogP contribution in [0.15, 0.2) is 40.3 Å². The number of nitrogens with one attached hydrogen (secondary N) is 2. The van der Waals surface area contributed by atoms with Crippen molar-refractivity contribution in [2.75, 3.05) is 7.11 Å². The lowest BCUT2D eigenvalue weighted by molar-refractivity contribution is -0.139.